The van der Waals surface area contributed by atoms with Crippen molar-refractivity contribution in [1.29, 1.82) is 0 Å². The highest BCUT2D eigenvalue weighted by Gasteiger charge is 2.11. The maximum atomic E-state index is 12.3. The Bertz CT molecular complexity index is 944. The highest BCUT2D eigenvalue weighted by atomic mass is 16.2. The van der Waals surface area contributed by atoms with Crippen LogP contribution in [0, 0.1) is 13.8 Å². The summed E-state index contributed by atoms with van der Waals surface area (Å²) in [6, 6.07) is 14.9. The molecular weight excluding hydrogens is 290 g/mol. The Balaban J connectivity index is 1.93. The predicted molar refractivity (Wildman–Crippen MR) is 90.5 cm³/mol. The summed E-state index contributed by atoms with van der Waals surface area (Å²) < 4.78 is 1.46. The quantitative estimate of drug-likeness (QED) is 0.809. The van der Waals surface area contributed by atoms with Crippen LogP contribution in [-0.4, -0.2) is 15.5 Å². The number of aromatic nitrogens is 2. The van der Waals surface area contributed by atoms with Crippen LogP contribution < -0.4 is 10.9 Å². The van der Waals surface area contributed by atoms with Crippen LogP contribution in [0.15, 0.2) is 53.3 Å². The minimum Gasteiger partial charge on any atom is -0.325 e. The van der Waals surface area contributed by atoms with Gasteiger partial charge in [0, 0.05) is 5.69 Å². The van der Waals surface area contributed by atoms with E-state index in [0.717, 1.165) is 11.3 Å². The largest absolute Gasteiger partial charge is 0.325 e. The summed E-state index contributed by atoms with van der Waals surface area (Å²) >= 11 is 0. The molecule has 3 aromatic rings. The van der Waals surface area contributed by atoms with Gasteiger partial charge in [-0.05, 0) is 43.7 Å². The van der Waals surface area contributed by atoms with Gasteiger partial charge in [-0.25, -0.2) is 4.98 Å². The first-order valence-corrected chi connectivity index (χ1v) is 7.37. The monoisotopic (exact) mass is 307 g/mol. The van der Waals surface area contributed by atoms with Gasteiger partial charge < -0.3 is 5.32 Å². The zero-order chi connectivity index (χ0) is 16.4. The normalized spacial score (nSPS) is 10.7. The van der Waals surface area contributed by atoms with Gasteiger partial charge in [0.2, 0.25) is 5.91 Å². The number of nitrogens with one attached hydrogen (secondary N) is 1. The van der Waals surface area contributed by atoms with Crippen LogP contribution in [0.3, 0.4) is 0 Å². The first kappa shape index (κ1) is 15.0. The van der Waals surface area contributed by atoms with E-state index in [2.05, 4.69) is 10.3 Å². The molecule has 116 valence electrons. The van der Waals surface area contributed by atoms with E-state index in [-0.39, 0.29) is 18.0 Å². The molecule has 1 heterocycles. The minimum absolute atomic E-state index is 0.0450. The first-order valence-electron chi connectivity index (χ1n) is 7.37. The van der Waals surface area contributed by atoms with E-state index in [9.17, 15) is 9.59 Å². The first-order chi connectivity index (χ1) is 11.0. The number of fused-ring (bicyclic) bond motifs is 1. The van der Waals surface area contributed by atoms with Crippen molar-refractivity contribution in [3.63, 3.8) is 0 Å². The molecule has 2 aromatic carbocycles. The molecule has 1 aromatic heterocycles. The van der Waals surface area contributed by atoms with Gasteiger partial charge in [0.1, 0.15) is 12.2 Å². The molecule has 0 spiro atoms. The van der Waals surface area contributed by atoms with E-state index in [4.69, 9.17) is 0 Å². The number of nitrogens with zero attached hydrogens (tertiary/aromatic N) is 2. The predicted octanol–water partition coefficient (Wildman–Crippen LogP) is 2.65. The summed E-state index contributed by atoms with van der Waals surface area (Å²) in [7, 11) is 0. The fourth-order valence-electron chi connectivity index (χ4n) is 2.54. The van der Waals surface area contributed by atoms with Crippen LogP contribution in [0.25, 0.3) is 11.0 Å². The zero-order valence-corrected chi connectivity index (χ0v) is 13.0. The molecule has 0 aliphatic heterocycles. The van der Waals surface area contributed by atoms with Crippen LogP contribution in [-0.2, 0) is 11.3 Å². The van der Waals surface area contributed by atoms with Crippen molar-refractivity contribution < 1.29 is 4.79 Å². The Hall–Kier alpha value is -2.95. The average Bonchev–Trinajstić information content (AvgIpc) is 2.52. The Morgan fingerprint density at radius 2 is 1.91 bits per heavy atom. The van der Waals surface area contributed by atoms with Crippen molar-refractivity contribution in [2.75, 3.05) is 5.32 Å². The molecule has 0 unspecified atom stereocenters. The number of aryl methyl sites for hydroxylation is 2. The highest BCUT2D eigenvalue weighted by molar-refractivity contribution is 5.91. The van der Waals surface area contributed by atoms with Crippen molar-refractivity contribution in [1.82, 2.24) is 9.55 Å². The molecule has 0 bridgehead atoms. The molecule has 0 aliphatic rings. The Morgan fingerprint density at radius 3 is 2.70 bits per heavy atom. The number of hydrogen-bond acceptors (Lipinski definition) is 3. The number of carbonyl (C=O) groups is 1. The van der Waals surface area contributed by atoms with Gasteiger partial charge >= 0.3 is 0 Å². The molecule has 1 amide bonds. The molecule has 3 rings (SSSR count). The topological polar surface area (TPSA) is 64.0 Å². The molecule has 0 fully saturated rings. The summed E-state index contributed by atoms with van der Waals surface area (Å²) in [5.41, 5.74) is 3.27. The van der Waals surface area contributed by atoms with Gasteiger partial charge in [0.05, 0.1) is 11.0 Å². The van der Waals surface area contributed by atoms with Crippen LogP contribution in [0.1, 0.15) is 11.3 Å². The van der Waals surface area contributed by atoms with Crippen LogP contribution in [0.2, 0.25) is 0 Å². The van der Waals surface area contributed by atoms with Gasteiger partial charge in [-0.3, -0.25) is 14.2 Å². The zero-order valence-electron chi connectivity index (χ0n) is 13.0. The van der Waals surface area contributed by atoms with Crippen molar-refractivity contribution in [2.24, 2.45) is 0 Å². The number of rotatable bonds is 3. The number of carbonyl (C=O) groups excluding carboxylic acids is 1. The summed E-state index contributed by atoms with van der Waals surface area (Å²) in [4.78, 5) is 28.9. The average molecular weight is 307 g/mol. The fourth-order valence-corrected chi connectivity index (χ4v) is 2.54. The van der Waals surface area contributed by atoms with E-state index in [1.807, 2.05) is 49.4 Å². The second-order valence-corrected chi connectivity index (χ2v) is 5.49. The minimum atomic E-state index is -0.247. The number of benzene rings is 2. The Morgan fingerprint density at radius 1 is 1.13 bits per heavy atom. The molecular formula is C18H17N3O2. The lowest BCUT2D eigenvalue weighted by Gasteiger charge is -2.11. The molecule has 0 saturated carbocycles. The van der Waals surface area contributed by atoms with E-state index < -0.39 is 0 Å². The maximum Gasteiger partial charge on any atom is 0.272 e. The van der Waals surface area contributed by atoms with E-state index >= 15 is 0 Å². The van der Waals surface area contributed by atoms with Crippen molar-refractivity contribution >= 4 is 22.6 Å². The lowest BCUT2D eigenvalue weighted by molar-refractivity contribution is -0.116. The van der Waals surface area contributed by atoms with Gasteiger partial charge in [-0.2, -0.15) is 0 Å². The van der Waals surface area contributed by atoms with E-state index in [1.54, 1.807) is 13.0 Å². The molecule has 5 heteroatoms. The van der Waals surface area contributed by atoms with Gasteiger partial charge in [-0.15, -0.1) is 0 Å². The summed E-state index contributed by atoms with van der Waals surface area (Å²) in [6.45, 7) is 3.57. The van der Waals surface area contributed by atoms with Crippen LogP contribution in [0.5, 0.6) is 0 Å². The van der Waals surface area contributed by atoms with Gasteiger partial charge in [0.15, 0.2) is 0 Å². The van der Waals surface area contributed by atoms with Crippen molar-refractivity contribution in [3.05, 3.63) is 70.1 Å². The summed E-state index contributed by atoms with van der Waals surface area (Å²) in [5.74, 6) is -0.242. The second-order valence-electron chi connectivity index (χ2n) is 5.49. The molecule has 0 aliphatic carbocycles. The van der Waals surface area contributed by atoms with E-state index in [0.29, 0.717) is 16.7 Å². The van der Waals surface area contributed by atoms with Crippen LogP contribution >= 0.6 is 0 Å². The SMILES string of the molecule is Cc1cccc(NC(=O)Cn2c(=O)c(C)nc3ccccc32)c1. The Labute approximate surface area is 133 Å². The molecule has 0 radical (unpaired) electrons. The molecule has 1 N–H and O–H groups in total. The molecule has 23 heavy (non-hydrogen) atoms. The lowest BCUT2D eigenvalue weighted by atomic mass is 10.2. The standard InChI is InChI=1S/C18H17N3O2/c1-12-6-5-7-14(10-12)20-17(22)11-21-16-9-4-3-8-15(16)19-13(2)18(21)23/h3-10H,11H2,1-2H3,(H,20,22). The third-order valence-electron chi connectivity index (χ3n) is 3.62. The molecule has 5 nitrogen and oxygen atoms in total. The molecule has 0 atom stereocenters. The number of para-hydroxylation sites is 2. The summed E-state index contributed by atoms with van der Waals surface area (Å²) in [6.07, 6.45) is 0. The highest BCUT2D eigenvalue weighted by Crippen LogP contribution is 2.12. The smallest absolute Gasteiger partial charge is 0.272 e. The fraction of sp³-hybridized carbons (Fsp3) is 0.167. The van der Waals surface area contributed by atoms with Crippen LogP contribution in [0.4, 0.5) is 5.69 Å². The maximum absolute atomic E-state index is 12.3. The van der Waals surface area contributed by atoms with Gasteiger partial charge in [0.25, 0.3) is 5.56 Å². The van der Waals surface area contributed by atoms with Crippen molar-refractivity contribution in [3.8, 4) is 0 Å². The van der Waals surface area contributed by atoms with E-state index in [1.165, 1.54) is 4.57 Å². The van der Waals surface area contributed by atoms with Crippen molar-refractivity contribution in [2.45, 2.75) is 20.4 Å². The lowest BCUT2D eigenvalue weighted by Crippen LogP contribution is -2.30. The number of hydrogen-bond donors (Lipinski definition) is 1. The Kier molecular flexibility index (Phi) is 3.93. The third-order valence-corrected chi connectivity index (χ3v) is 3.62. The third kappa shape index (κ3) is 3.13. The van der Waals surface area contributed by atoms with Gasteiger partial charge in [-0.1, -0.05) is 24.3 Å². The number of anilines is 1. The second kappa shape index (κ2) is 6.04. The molecule has 0 saturated heterocycles. The number of amides is 1. The summed E-state index contributed by atoms with van der Waals surface area (Å²) in [5, 5.41) is 2.82.